The zero-order valence-corrected chi connectivity index (χ0v) is 9.28. The third-order valence-corrected chi connectivity index (χ3v) is 3.65. The molecule has 1 aromatic rings. The van der Waals surface area contributed by atoms with Gasteiger partial charge in [-0.05, 0) is 49.7 Å². The maximum atomic E-state index is 2.59. The molecule has 1 heterocycles. The first-order valence-corrected chi connectivity index (χ1v) is 6.29. The van der Waals surface area contributed by atoms with Gasteiger partial charge in [-0.15, -0.1) is 0 Å². The summed E-state index contributed by atoms with van der Waals surface area (Å²) in [5, 5.41) is 0. The van der Waals surface area contributed by atoms with E-state index >= 15 is 0 Å². The zero-order chi connectivity index (χ0) is 10.1. The summed E-state index contributed by atoms with van der Waals surface area (Å²) in [6, 6.07) is 9.04. The average Bonchev–Trinajstić information content (AvgIpc) is 3.14. The fourth-order valence-electron chi connectivity index (χ4n) is 2.65. The van der Waals surface area contributed by atoms with Gasteiger partial charge in [0.05, 0.1) is 0 Å². The van der Waals surface area contributed by atoms with Crippen LogP contribution in [0.1, 0.15) is 43.6 Å². The van der Waals surface area contributed by atoms with Crippen LogP contribution >= 0.6 is 0 Å². The Bertz CT molecular complexity index is 335. The van der Waals surface area contributed by atoms with Crippen LogP contribution in [0.25, 0.3) is 0 Å². The van der Waals surface area contributed by atoms with Crippen molar-refractivity contribution < 1.29 is 0 Å². The lowest BCUT2D eigenvalue weighted by atomic mass is 10.0. The van der Waals surface area contributed by atoms with E-state index < -0.39 is 0 Å². The SMILES string of the molecule is c1ccc(N2CCCCC2)c(C2CC2)c1. The van der Waals surface area contributed by atoms with Crippen molar-refractivity contribution in [3.8, 4) is 0 Å². The maximum Gasteiger partial charge on any atom is 0.0401 e. The Hall–Kier alpha value is -0.980. The normalized spacial score (nSPS) is 21.7. The first-order chi connectivity index (χ1) is 7.45. The van der Waals surface area contributed by atoms with Crippen LogP contribution in [-0.4, -0.2) is 13.1 Å². The summed E-state index contributed by atoms with van der Waals surface area (Å²) in [5.74, 6) is 0.878. The van der Waals surface area contributed by atoms with Crippen molar-refractivity contribution in [2.45, 2.75) is 38.0 Å². The highest BCUT2D eigenvalue weighted by Crippen LogP contribution is 2.44. The van der Waals surface area contributed by atoms with Crippen LogP contribution in [0.15, 0.2) is 24.3 Å². The number of hydrogen-bond donors (Lipinski definition) is 0. The molecule has 1 aromatic carbocycles. The van der Waals surface area contributed by atoms with Crippen molar-refractivity contribution in [2.24, 2.45) is 0 Å². The third-order valence-electron chi connectivity index (χ3n) is 3.65. The molecule has 0 spiro atoms. The molecule has 15 heavy (non-hydrogen) atoms. The van der Waals surface area contributed by atoms with Gasteiger partial charge in [0.15, 0.2) is 0 Å². The van der Waals surface area contributed by atoms with E-state index in [0.717, 1.165) is 5.92 Å². The lowest BCUT2D eigenvalue weighted by Gasteiger charge is -2.30. The van der Waals surface area contributed by atoms with Crippen LogP contribution in [0.5, 0.6) is 0 Å². The van der Waals surface area contributed by atoms with Crippen LogP contribution < -0.4 is 4.90 Å². The van der Waals surface area contributed by atoms with Crippen molar-refractivity contribution in [2.75, 3.05) is 18.0 Å². The molecule has 2 aliphatic rings. The van der Waals surface area contributed by atoms with E-state index in [0.29, 0.717) is 0 Å². The molecule has 2 fully saturated rings. The molecule has 0 radical (unpaired) electrons. The van der Waals surface area contributed by atoms with Crippen LogP contribution in [0, 0.1) is 0 Å². The molecule has 0 bridgehead atoms. The molecule has 0 unspecified atom stereocenters. The second-order valence-electron chi connectivity index (χ2n) is 4.88. The molecular weight excluding hydrogens is 182 g/mol. The minimum absolute atomic E-state index is 0.878. The van der Waals surface area contributed by atoms with Gasteiger partial charge >= 0.3 is 0 Å². The first kappa shape index (κ1) is 9.26. The molecule has 0 N–H and O–H groups in total. The Morgan fingerprint density at radius 1 is 0.933 bits per heavy atom. The predicted octanol–water partition coefficient (Wildman–Crippen LogP) is 3.55. The molecule has 1 aliphatic carbocycles. The van der Waals surface area contributed by atoms with Crippen LogP contribution in [-0.2, 0) is 0 Å². The molecule has 1 saturated heterocycles. The lowest BCUT2D eigenvalue weighted by molar-refractivity contribution is 0.576. The minimum Gasteiger partial charge on any atom is -0.371 e. The summed E-state index contributed by atoms with van der Waals surface area (Å²) < 4.78 is 0. The van der Waals surface area contributed by atoms with Gasteiger partial charge in [0.25, 0.3) is 0 Å². The number of hydrogen-bond acceptors (Lipinski definition) is 1. The van der Waals surface area contributed by atoms with Crippen LogP contribution in [0.4, 0.5) is 5.69 Å². The van der Waals surface area contributed by atoms with Gasteiger partial charge in [-0.3, -0.25) is 0 Å². The van der Waals surface area contributed by atoms with E-state index in [1.165, 1.54) is 50.9 Å². The summed E-state index contributed by atoms with van der Waals surface area (Å²) in [4.78, 5) is 2.59. The average molecular weight is 201 g/mol. The largest absolute Gasteiger partial charge is 0.371 e. The monoisotopic (exact) mass is 201 g/mol. The van der Waals surface area contributed by atoms with Gasteiger partial charge in [-0.25, -0.2) is 0 Å². The number of nitrogens with zero attached hydrogens (tertiary/aromatic N) is 1. The van der Waals surface area contributed by atoms with Crippen molar-refractivity contribution in [1.82, 2.24) is 0 Å². The Balaban J connectivity index is 1.88. The predicted molar refractivity (Wildman–Crippen MR) is 64.5 cm³/mol. The molecule has 80 valence electrons. The van der Waals surface area contributed by atoms with Crippen molar-refractivity contribution in [1.29, 1.82) is 0 Å². The Morgan fingerprint density at radius 2 is 1.67 bits per heavy atom. The molecule has 0 atom stereocenters. The van der Waals surface area contributed by atoms with Crippen molar-refractivity contribution in [3.05, 3.63) is 29.8 Å². The van der Waals surface area contributed by atoms with Gasteiger partial charge in [0.2, 0.25) is 0 Å². The fraction of sp³-hybridized carbons (Fsp3) is 0.571. The number of piperidine rings is 1. The first-order valence-electron chi connectivity index (χ1n) is 6.29. The van der Waals surface area contributed by atoms with Gasteiger partial charge < -0.3 is 4.90 Å². The lowest BCUT2D eigenvalue weighted by Crippen LogP contribution is -2.30. The van der Waals surface area contributed by atoms with Gasteiger partial charge in [0.1, 0.15) is 0 Å². The van der Waals surface area contributed by atoms with Crippen molar-refractivity contribution >= 4 is 5.69 Å². The van der Waals surface area contributed by atoms with E-state index in [4.69, 9.17) is 0 Å². The summed E-state index contributed by atoms with van der Waals surface area (Å²) >= 11 is 0. The highest BCUT2D eigenvalue weighted by molar-refractivity contribution is 5.56. The van der Waals surface area contributed by atoms with E-state index in [1.54, 1.807) is 5.56 Å². The summed E-state index contributed by atoms with van der Waals surface area (Å²) in [7, 11) is 0. The number of anilines is 1. The maximum absolute atomic E-state index is 2.59. The summed E-state index contributed by atoms with van der Waals surface area (Å²) in [5.41, 5.74) is 3.14. The molecule has 3 rings (SSSR count). The highest BCUT2D eigenvalue weighted by atomic mass is 15.1. The molecule has 1 nitrogen and oxygen atoms in total. The zero-order valence-electron chi connectivity index (χ0n) is 9.28. The third kappa shape index (κ3) is 1.88. The second kappa shape index (κ2) is 3.88. The number of rotatable bonds is 2. The Kier molecular flexibility index (Phi) is 2.40. The van der Waals surface area contributed by atoms with E-state index in [9.17, 15) is 0 Å². The molecule has 0 amide bonds. The van der Waals surface area contributed by atoms with Crippen LogP contribution in [0.3, 0.4) is 0 Å². The molecule has 1 heteroatoms. The van der Waals surface area contributed by atoms with Gasteiger partial charge in [-0.2, -0.15) is 0 Å². The molecule has 1 aliphatic heterocycles. The topological polar surface area (TPSA) is 3.24 Å². The van der Waals surface area contributed by atoms with Gasteiger partial charge in [-0.1, -0.05) is 18.2 Å². The Morgan fingerprint density at radius 3 is 2.40 bits per heavy atom. The molecule has 1 saturated carbocycles. The van der Waals surface area contributed by atoms with Crippen LogP contribution in [0.2, 0.25) is 0 Å². The van der Waals surface area contributed by atoms with Gasteiger partial charge in [0, 0.05) is 18.8 Å². The van der Waals surface area contributed by atoms with E-state index in [-0.39, 0.29) is 0 Å². The second-order valence-corrected chi connectivity index (χ2v) is 4.88. The summed E-state index contributed by atoms with van der Waals surface area (Å²) in [6.07, 6.45) is 6.98. The smallest absolute Gasteiger partial charge is 0.0401 e. The number of benzene rings is 1. The van der Waals surface area contributed by atoms with E-state index in [1.807, 2.05) is 0 Å². The quantitative estimate of drug-likeness (QED) is 0.707. The van der Waals surface area contributed by atoms with Crippen molar-refractivity contribution in [3.63, 3.8) is 0 Å². The molecule has 0 aromatic heterocycles. The standard InChI is InChI=1S/C14H19N/c1-4-10-15(11-5-1)14-7-3-2-6-13(14)12-8-9-12/h2-3,6-7,12H,1,4-5,8-11H2. The van der Waals surface area contributed by atoms with E-state index in [2.05, 4.69) is 29.2 Å². The Labute approximate surface area is 92.1 Å². The highest BCUT2D eigenvalue weighted by Gasteiger charge is 2.27. The minimum atomic E-state index is 0.878. The molecular formula is C14H19N. The number of para-hydroxylation sites is 1. The fourth-order valence-corrected chi connectivity index (χ4v) is 2.65. The summed E-state index contributed by atoms with van der Waals surface area (Å²) in [6.45, 7) is 2.54.